The van der Waals surface area contributed by atoms with Crippen LogP contribution >= 0.6 is 0 Å². The maximum Gasteiger partial charge on any atom is 0.338 e. The highest BCUT2D eigenvalue weighted by Crippen LogP contribution is 2.38. The summed E-state index contributed by atoms with van der Waals surface area (Å²) in [6.07, 6.45) is 1.98. The van der Waals surface area contributed by atoms with E-state index in [1.807, 2.05) is 12.1 Å². The van der Waals surface area contributed by atoms with Crippen LogP contribution in [0.2, 0.25) is 0 Å². The van der Waals surface area contributed by atoms with E-state index in [4.69, 9.17) is 15.2 Å². The topological polar surface area (TPSA) is 61.5 Å². The van der Waals surface area contributed by atoms with Crippen molar-refractivity contribution < 1.29 is 14.3 Å². The number of carbonyl (C=O) groups excluding carboxylic acids is 1. The number of carbonyl (C=O) groups is 1. The first-order valence-corrected chi connectivity index (χ1v) is 6.67. The van der Waals surface area contributed by atoms with Crippen LogP contribution < -0.4 is 10.5 Å². The predicted octanol–water partition coefficient (Wildman–Crippen LogP) is 2.25. The van der Waals surface area contributed by atoms with Gasteiger partial charge in [-0.3, -0.25) is 0 Å². The Morgan fingerprint density at radius 1 is 1.37 bits per heavy atom. The van der Waals surface area contributed by atoms with Gasteiger partial charge in [0.05, 0.1) is 5.56 Å². The molecular weight excluding hydrogens is 242 g/mol. The van der Waals surface area contributed by atoms with Crippen LogP contribution in [0.5, 0.6) is 5.75 Å². The molecule has 2 aliphatic rings. The number of benzene rings is 1. The minimum Gasteiger partial charge on any atom is -0.489 e. The standard InChI is InChI=1S/C15H19NO3/c1-15(2)6-12(16)13(7-15)19-10-3-4-11-9(5-10)8-18-14(11)17/h3-5,12-13H,6-8,16H2,1-2H3/t12-,13-/m0/s1. The van der Waals surface area contributed by atoms with E-state index in [-0.39, 0.29) is 23.5 Å². The van der Waals surface area contributed by atoms with Gasteiger partial charge in [0.25, 0.3) is 0 Å². The summed E-state index contributed by atoms with van der Waals surface area (Å²) in [5, 5.41) is 0. The number of hydrogen-bond acceptors (Lipinski definition) is 4. The summed E-state index contributed by atoms with van der Waals surface area (Å²) in [5.41, 5.74) is 7.91. The lowest BCUT2D eigenvalue weighted by molar-refractivity contribution is 0.0535. The first-order valence-electron chi connectivity index (χ1n) is 6.67. The zero-order valence-corrected chi connectivity index (χ0v) is 11.3. The molecule has 2 atom stereocenters. The van der Waals surface area contributed by atoms with E-state index in [2.05, 4.69) is 13.8 Å². The lowest BCUT2D eigenvalue weighted by Gasteiger charge is -2.19. The highest BCUT2D eigenvalue weighted by molar-refractivity contribution is 5.93. The Kier molecular flexibility index (Phi) is 2.78. The second-order valence-corrected chi connectivity index (χ2v) is 6.29. The lowest BCUT2D eigenvalue weighted by atomic mass is 9.92. The molecule has 0 bridgehead atoms. The van der Waals surface area contributed by atoms with Crippen molar-refractivity contribution in [2.45, 2.75) is 45.4 Å². The Hall–Kier alpha value is -1.55. The van der Waals surface area contributed by atoms with Crippen molar-refractivity contribution in [3.8, 4) is 5.75 Å². The molecule has 0 spiro atoms. The minimum atomic E-state index is -0.250. The Morgan fingerprint density at radius 2 is 2.16 bits per heavy atom. The molecule has 102 valence electrons. The molecule has 0 aromatic heterocycles. The van der Waals surface area contributed by atoms with E-state index in [0.717, 1.165) is 24.2 Å². The third-order valence-corrected chi connectivity index (χ3v) is 3.96. The molecule has 3 rings (SSSR count). The van der Waals surface area contributed by atoms with Gasteiger partial charge in [-0.25, -0.2) is 4.79 Å². The van der Waals surface area contributed by atoms with Crippen molar-refractivity contribution in [3.05, 3.63) is 29.3 Å². The second-order valence-electron chi connectivity index (χ2n) is 6.29. The number of esters is 1. The molecule has 4 heteroatoms. The van der Waals surface area contributed by atoms with Gasteiger partial charge in [-0.05, 0) is 36.5 Å². The van der Waals surface area contributed by atoms with Crippen LogP contribution in [0, 0.1) is 5.41 Å². The molecule has 4 nitrogen and oxygen atoms in total. The highest BCUT2D eigenvalue weighted by atomic mass is 16.5. The average Bonchev–Trinajstić information content (AvgIpc) is 2.80. The van der Waals surface area contributed by atoms with Crippen molar-refractivity contribution in [2.75, 3.05) is 0 Å². The number of hydrogen-bond donors (Lipinski definition) is 1. The molecular formula is C15H19NO3. The lowest BCUT2D eigenvalue weighted by Crippen LogP contribution is -2.33. The van der Waals surface area contributed by atoms with Gasteiger partial charge in [-0.2, -0.15) is 0 Å². The number of cyclic esters (lactones) is 1. The van der Waals surface area contributed by atoms with Gasteiger partial charge in [0, 0.05) is 11.6 Å². The van der Waals surface area contributed by atoms with Gasteiger partial charge >= 0.3 is 5.97 Å². The molecule has 1 fully saturated rings. The van der Waals surface area contributed by atoms with Crippen LogP contribution in [-0.4, -0.2) is 18.1 Å². The van der Waals surface area contributed by atoms with Gasteiger partial charge < -0.3 is 15.2 Å². The van der Waals surface area contributed by atoms with E-state index in [9.17, 15) is 4.79 Å². The van der Waals surface area contributed by atoms with Crippen LogP contribution in [0.3, 0.4) is 0 Å². The molecule has 0 amide bonds. The Balaban J connectivity index is 1.76. The van der Waals surface area contributed by atoms with E-state index in [0.29, 0.717) is 12.2 Å². The molecule has 19 heavy (non-hydrogen) atoms. The van der Waals surface area contributed by atoms with Crippen LogP contribution in [0.15, 0.2) is 18.2 Å². The zero-order chi connectivity index (χ0) is 13.6. The quantitative estimate of drug-likeness (QED) is 0.829. The number of rotatable bonds is 2. The van der Waals surface area contributed by atoms with Gasteiger partial charge in [-0.1, -0.05) is 13.8 Å². The van der Waals surface area contributed by atoms with Crippen molar-refractivity contribution in [3.63, 3.8) is 0 Å². The monoisotopic (exact) mass is 261 g/mol. The molecule has 1 aliphatic heterocycles. The Bertz CT molecular complexity index is 524. The van der Waals surface area contributed by atoms with Crippen LogP contribution in [0.1, 0.15) is 42.6 Å². The average molecular weight is 261 g/mol. The molecule has 1 saturated carbocycles. The predicted molar refractivity (Wildman–Crippen MR) is 71.0 cm³/mol. The summed E-state index contributed by atoms with van der Waals surface area (Å²) in [6, 6.07) is 5.55. The van der Waals surface area contributed by atoms with Crippen LogP contribution in [0.25, 0.3) is 0 Å². The maximum absolute atomic E-state index is 11.4. The number of ether oxygens (including phenoxy) is 2. The third kappa shape index (κ3) is 2.32. The summed E-state index contributed by atoms with van der Waals surface area (Å²) in [7, 11) is 0. The molecule has 1 aliphatic carbocycles. The van der Waals surface area contributed by atoms with Gasteiger partial charge in [0.15, 0.2) is 0 Å². The third-order valence-electron chi connectivity index (χ3n) is 3.96. The minimum absolute atomic E-state index is 0.0473. The fourth-order valence-electron chi connectivity index (χ4n) is 3.04. The molecule has 1 aromatic carbocycles. The largest absolute Gasteiger partial charge is 0.489 e. The first kappa shape index (κ1) is 12.5. The van der Waals surface area contributed by atoms with Crippen molar-refractivity contribution in [1.29, 1.82) is 0 Å². The fourth-order valence-corrected chi connectivity index (χ4v) is 3.04. The van der Waals surface area contributed by atoms with Gasteiger partial charge in [0.2, 0.25) is 0 Å². The van der Waals surface area contributed by atoms with Crippen molar-refractivity contribution in [1.82, 2.24) is 0 Å². The number of fused-ring (bicyclic) bond motifs is 1. The maximum atomic E-state index is 11.4. The molecule has 0 unspecified atom stereocenters. The summed E-state index contributed by atoms with van der Waals surface area (Å²) in [5.74, 6) is 0.524. The molecule has 0 radical (unpaired) electrons. The molecule has 1 aromatic rings. The summed E-state index contributed by atoms with van der Waals surface area (Å²) < 4.78 is 11.0. The number of nitrogens with two attached hydrogens (primary N) is 1. The zero-order valence-electron chi connectivity index (χ0n) is 11.3. The normalized spacial score (nSPS) is 28.1. The smallest absolute Gasteiger partial charge is 0.338 e. The summed E-state index contributed by atoms with van der Waals surface area (Å²) in [4.78, 5) is 11.4. The molecule has 0 saturated heterocycles. The van der Waals surface area contributed by atoms with Gasteiger partial charge in [-0.15, -0.1) is 0 Å². The summed E-state index contributed by atoms with van der Waals surface area (Å²) >= 11 is 0. The first-order chi connectivity index (χ1) is 8.94. The SMILES string of the molecule is CC1(C)C[C@H](Oc2ccc3c(c2)COC3=O)[C@@H](N)C1. The van der Waals surface area contributed by atoms with Crippen molar-refractivity contribution in [2.24, 2.45) is 11.1 Å². The molecule has 1 heterocycles. The van der Waals surface area contributed by atoms with E-state index < -0.39 is 0 Å². The molecule has 2 N–H and O–H groups in total. The van der Waals surface area contributed by atoms with Crippen LogP contribution in [-0.2, 0) is 11.3 Å². The Labute approximate surface area is 112 Å². The van der Waals surface area contributed by atoms with E-state index >= 15 is 0 Å². The second kappa shape index (κ2) is 4.23. The Morgan fingerprint density at radius 3 is 2.84 bits per heavy atom. The van der Waals surface area contributed by atoms with Crippen LogP contribution in [0.4, 0.5) is 0 Å². The highest BCUT2D eigenvalue weighted by Gasteiger charge is 2.38. The van der Waals surface area contributed by atoms with E-state index in [1.165, 1.54) is 0 Å². The van der Waals surface area contributed by atoms with Gasteiger partial charge in [0.1, 0.15) is 18.5 Å². The van der Waals surface area contributed by atoms with E-state index in [1.54, 1.807) is 6.07 Å². The summed E-state index contributed by atoms with van der Waals surface area (Å²) in [6.45, 7) is 4.77. The fraction of sp³-hybridized carbons (Fsp3) is 0.533. The van der Waals surface area contributed by atoms with Crippen molar-refractivity contribution >= 4 is 5.97 Å².